The maximum absolute atomic E-state index is 13.3. The molecule has 0 bridgehead atoms. The molecule has 0 aliphatic heterocycles. The Morgan fingerprint density at radius 1 is 0.577 bits per heavy atom. The van der Waals surface area contributed by atoms with Gasteiger partial charge in [0.1, 0.15) is 17.3 Å². The third-order valence-corrected chi connectivity index (χ3v) is 12.2. The van der Waals surface area contributed by atoms with Crippen LogP contribution in [0.2, 0.25) is 0 Å². The standard InChI is InChI=1S/C46H56O6/c1-8-44(50,9-2)40(47)33-19-15-31(16-20-33)28-43(29-32-17-21-34(22-18-32)41(48)45(51,10-3)11-4)38-26-30(7)14-24-36(38)37-25-23-35(27-39(37)43)42(49)46(52,12-5)13-6/h14-27,42,49-52H,8-13,28-29H2,1-7H3. The smallest absolute Gasteiger partial charge is 0.194 e. The van der Waals surface area contributed by atoms with Gasteiger partial charge in [-0.2, -0.15) is 0 Å². The number of Topliss-reactive ketones (excluding diaryl/α,β-unsaturated/α-hetero) is 2. The number of rotatable bonds is 16. The molecule has 0 fully saturated rings. The van der Waals surface area contributed by atoms with E-state index >= 15 is 0 Å². The molecule has 0 saturated carbocycles. The molecule has 4 N–H and O–H groups in total. The van der Waals surface area contributed by atoms with E-state index in [1.54, 1.807) is 24.3 Å². The van der Waals surface area contributed by atoms with Crippen molar-refractivity contribution in [2.45, 2.75) is 128 Å². The van der Waals surface area contributed by atoms with Gasteiger partial charge in [-0.05, 0) is 97.2 Å². The Balaban J connectivity index is 1.68. The fourth-order valence-electron chi connectivity index (χ4n) is 8.11. The Kier molecular flexibility index (Phi) is 11.5. The summed E-state index contributed by atoms with van der Waals surface area (Å²) in [4.78, 5) is 26.7. The molecule has 6 nitrogen and oxygen atoms in total. The highest BCUT2D eigenvalue weighted by Gasteiger charge is 2.45. The van der Waals surface area contributed by atoms with Crippen molar-refractivity contribution < 1.29 is 30.0 Å². The average molecular weight is 705 g/mol. The van der Waals surface area contributed by atoms with Crippen LogP contribution in [0.15, 0.2) is 84.9 Å². The number of aliphatic hydroxyl groups is 4. The number of aryl methyl sites for hydroxylation is 1. The maximum atomic E-state index is 13.3. The van der Waals surface area contributed by atoms with Crippen LogP contribution in [0.3, 0.4) is 0 Å². The zero-order chi connectivity index (χ0) is 38.1. The summed E-state index contributed by atoms with van der Waals surface area (Å²) in [6.45, 7) is 13.1. The molecule has 0 aromatic heterocycles. The minimum Gasteiger partial charge on any atom is -0.387 e. The van der Waals surface area contributed by atoms with Crippen LogP contribution in [-0.2, 0) is 18.3 Å². The van der Waals surface area contributed by atoms with Gasteiger partial charge in [0, 0.05) is 16.5 Å². The fraction of sp³-hybridized carbons (Fsp3) is 0.435. The molecule has 0 heterocycles. The number of hydrogen-bond acceptors (Lipinski definition) is 6. The van der Waals surface area contributed by atoms with Crippen molar-refractivity contribution in [1.82, 2.24) is 0 Å². The lowest BCUT2D eigenvalue weighted by atomic mass is 9.68. The molecule has 0 amide bonds. The Bertz CT molecular complexity index is 1820. The van der Waals surface area contributed by atoms with E-state index in [1.165, 1.54) is 0 Å². The van der Waals surface area contributed by atoms with Gasteiger partial charge < -0.3 is 20.4 Å². The molecule has 1 aliphatic carbocycles. The molecule has 6 heteroatoms. The SMILES string of the molecule is CCC(O)(CC)C(=O)c1ccc(CC2(Cc3ccc(C(=O)C(O)(CC)CC)cc3)c3cc(C)ccc3-c3ccc(C(O)C(O)(CC)CC)cc32)cc1. The van der Waals surface area contributed by atoms with Crippen LogP contribution in [0, 0.1) is 6.92 Å². The predicted molar refractivity (Wildman–Crippen MR) is 208 cm³/mol. The Hall–Kier alpha value is -3.94. The van der Waals surface area contributed by atoms with E-state index in [-0.39, 0.29) is 11.6 Å². The molecule has 0 saturated heterocycles. The second-order valence-corrected chi connectivity index (χ2v) is 15.0. The summed E-state index contributed by atoms with van der Waals surface area (Å²) in [5.74, 6) is -0.562. The molecule has 0 radical (unpaired) electrons. The lowest BCUT2D eigenvalue weighted by Crippen LogP contribution is -2.37. The van der Waals surface area contributed by atoms with E-state index in [1.807, 2.05) is 71.9 Å². The predicted octanol–water partition coefficient (Wildman–Crippen LogP) is 8.80. The van der Waals surface area contributed by atoms with Crippen molar-refractivity contribution in [2.75, 3.05) is 0 Å². The number of carbonyl (C=O) groups excluding carboxylic acids is 2. The minimum atomic E-state index is -1.41. The van der Waals surface area contributed by atoms with Crippen LogP contribution in [-0.4, -0.2) is 48.8 Å². The number of benzene rings is 4. The van der Waals surface area contributed by atoms with Crippen molar-refractivity contribution >= 4 is 11.6 Å². The van der Waals surface area contributed by atoms with Crippen LogP contribution in [0.1, 0.15) is 140 Å². The molecule has 1 aliphatic rings. The van der Waals surface area contributed by atoms with Crippen molar-refractivity contribution in [3.8, 4) is 11.1 Å². The Labute approximate surface area is 309 Å². The third-order valence-electron chi connectivity index (χ3n) is 12.2. The van der Waals surface area contributed by atoms with Crippen molar-refractivity contribution in [2.24, 2.45) is 0 Å². The summed E-state index contributed by atoms with van der Waals surface area (Å²) in [6.07, 6.45) is 2.18. The van der Waals surface area contributed by atoms with Gasteiger partial charge >= 0.3 is 0 Å². The second kappa shape index (κ2) is 15.2. The fourth-order valence-corrected chi connectivity index (χ4v) is 8.11. The molecule has 5 rings (SSSR count). The van der Waals surface area contributed by atoms with Crippen molar-refractivity contribution in [3.63, 3.8) is 0 Å². The van der Waals surface area contributed by atoms with Crippen LogP contribution in [0.25, 0.3) is 11.1 Å². The van der Waals surface area contributed by atoms with E-state index in [9.17, 15) is 30.0 Å². The second-order valence-electron chi connectivity index (χ2n) is 15.0. The van der Waals surface area contributed by atoms with E-state index in [2.05, 4.69) is 37.3 Å². The largest absolute Gasteiger partial charge is 0.387 e. The first-order valence-electron chi connectivity index (χ1n) is 19.1. The van der Waals surface area contributed by atoms with E-state index in [4.69, 9.17) is 0 Å². The molecule has 4 aromatic rings. The lowest BCUT2D eigenvalue weighted by Gasteiger charge is -2.35. The molecule has 4 aromatic carbocycles. The maximum Gasteiger partial charge on any atom is 0.194 e. The Morgan fingerprint density at radius 3 is 1.38 bits per heavy atom. The summed E-state index contributed by atoms with van der Waals surface area (Å²) in [5, 5.41) is 44.9. The summed E-state index contributed by atoms with van der Waals surface area (Å²) < 4.78 is 0. The van der Waals surface area contributed by atoms with Gasteiger partial charge in [-0.1, -0.05) is 132 Å². The average Bonchev–Trinajstić information content (AvgIpc) is 3.43. The summed E-state index contributed by atoms with van der Waals surface area (Å²) in [7, 11) is 0. The quantitative estimate of drug-likeness (QED) is 0.0867. The normalized spacial score (nSPS) is 14.5. The molecule has 1 atom stereocenters. The first-order chi connectivity index (χ1) is 24.7. The van der Waals surface area contributed by atoms with Gasteiger partial charge in [-0.3, -0.25) is 9.59 Å². The minimum absolute atomic E-state index is 0.281. The number of hydrogen-bond donors (Lipinski definition) is 4. The summed E-state index contributed by atoms with van der Waals surface area (Å²) in [6, 6.07) is 27.7. The third kappa shape index (κ3) is 6.94. The molecule has 276 valence electrons. The monoisotopic (exact) mass is 704 g/mol. The molecule has 52 heavy (non-hydrogen) atoms. The number of ketones is 2. The zero-order valence-electron chi connectivity index (χ0n) is 31.9. The van der Waals surface area contributed by atoms with Gasteiger partial charge in [-0.15, -0.1) is 0 Å². The highest BCUT2D eigenvalue weighted by Crippen LogP contribution is 2.53. The first kappa shape index (κ1) is 39.3. The molecule has 0 spiro atoms. The van der Waals surface area contributed by atoms with Crippen LogP contribution >= 0.6 is 0 Å². The van der Waals surface area contributed by atoms with Gasteiger partial charge in [0.15, 0.2) is 11.6 Å². The van der Waals surface area contributed by atoms with E-state index in [0.717, 1.165) is 38.9 Å². The van der Waals surface area contributed by atoms with E-state index < -0.39 is 28.3 Å². The van der Waals surface area contributed by atoms with Crippen molar-refractivity contribution in [3.05, 3.63) is 129 Å². The van der Waals surface area contributed by atoms with Crippen molar-refractivity contribution in [1.29, 1.82) is 0 Å². The summed E-state index contributed by atoms with van der Waals surface area (Å²) >= 11 is 0. The summed E-state index contributed by atoms with van der Waals surface area (Å²) in [5.41, 5.74) is 4.34. The number of carbonyl (C=O) groups is 2. The number of fused-ring (bicyclic) bond motifs is 3. The van der Waals surface area contributed by atoms with Crippen LogP contribution in [0.5, 0.6) is 0 Å². The highest BCUT2D eigenvalue weighted by molar-refractivity contribution is 6.03. The number of aliphatic hydroxyl groups excluding tert-OH is 1. The molecular weight excluding hydrogens is 649 g/mol. The molecular formula is C46H56O6. The molecule has 1 unspecified atom stereocenters. The van der Waals surface area contributed by atoms with Crippen LogP contribution in [0.4, 0.5) is 0 Å². The first-order valence-corrected chi connectivity index (χ1v) is 19.1. The van der Waals surface area contributed by atoms with Crippen LogP contribution < -0.4 is 0 Å². The van der Waals surface area contributed by atoms with Gasteiger partial charge in [0.25, 0.3) is 0 Å². The van der Waals surface area contributed by atoms with Gasteiger partial charge in [0.2, 0.25) is 0 Å². The highest BCUT2D eigenvalue weighted by atomic mass is 16.3. The van der Waals surface area contributed by atoms with Gasteiger partial charge in [-0.25, -0.2) is 0 Å². The lowest BCUT2D eigenvalue weighted by molar-refractivity contribution is -0.0821. The topological polar surface area (TPSA) is 115 Å². The van der Waals surface area contributed by atoms with Gasteiger partial charge in [0.05, 0.1) is 5.60 Å². The zero-order valence-corrected chi connectivity index (χ0v) is 31.9. The van der Waals surface area contributed by atoms with E-state index in [0.29, 0.717) is 68.1 Å². The Morgan fingerprint density at radius 2 is 0.981 bits per heavy atom.